The molecule has 1 saturated heterocycles. The third-order valence-corrected chi connectivity index (χ3v) is 3.98. The topological polar surface area (TPSA) is 70.6 Å². The van der Waals surface area contributed by atoms with E-state index in [0.717, 1.165) is 32.2 Å². The lowest BCUT2D eigenvalue weighted by atomic mass is 10.0. The molecule has 1 heterocycles. The molecule has 17 heavy (non-hydrogen) atoms. The van der Waals surface area contributed by atoms with Gasteiger partial charge in [-0.3, -0.25) is 4.79 Å². The first-order chi connectivity index (χ1) is 8.19. The molecule has 3 N–H and O–H groups in total. The minimum Gasteiger partial charge on any atom is -0.396 e. The van der Waals surface area contributed by atoms with Crippen LogP contribution in [0, 0.1) is 5.41 Å². The van der Waals surface area contributed by atoms with Gasteiger partial charge in [-0.1, -0.05) is 0 Å². The van der Waals surface area contributed by atoms with Crippen molar-refractivity contribution >= 4 is 5.91 Å². The molecule has 2 rings (SSSR count). The number of rotatable bonds is 6. The first kappa shape index (κ1) is 12.8. The lowest BCUT2D eigenvalue weighted by Crippen LogP contribution is -2.42. The summed E-state index contributed by atoms with van der Waals surface area (Å²) in [6, 6.07) is -0.120. The van der Waals surface area contributed by atoms with E-state index in [1.54, 1.807) is 7.11 Å². The van der Waals surface area contributed by atoms with E-state index in [2.05, 4.69) is 10.6 Å². The average molecular weight is 242 g/mol. The first-order valence-corrected chi connectivity index (χ1v) is 6.34. The summed E-state index contributed by atoms with van der Waals surface area (Å²) >= 11 is 0. The van der Waals surface area contributed by atoms with Gasteiger partial charge in [-0.15, -0.1) is 0 Å². The third kappa shape index (κ3) is 3.18. The van der Waals surface area contributed by atoms with E-state index in [-0.39, 0.29) is 30.1 Å². The number of carbonyl (C=O) groups excluding carboxylic acids is 1. The predicted molar refractivity (Wildman–Crippen MR) is 63.6 cm³/mol. The third-order valence-electron chi connectivity index (χ3n) is 3.98. The van der Waals surface area contributed by atoms with Crippen LogP contribution in [0.15, 0.2) is 0 Å². The summed E-state index contributed by atoms with van der Waals surface area (Å²) in [4.78, 5) is 11.9. The number of hydrogen-bond acceptors (Lipinski definition) is 4. The van der Waals surface area contributed by atoms with Crippen molar-refractivity contribution in [1.29, 1.82) is 0 Å². The van der Waals surface area contributed by atoms with Gasteiger partial charge < -0.3 is 20.5 Å². The van der Waals surface area contributed by atoms with Crippen molar-refractivity contribution in [3.8, 4) is 0 Å². The van der Waals surface area contributed by atoms with Crippen molar-refractivity contribution in [2.75, 3.05) is 26.8 Å². The Balaban J connectivity index is 1.71. The van der Waals surface area contributed by atoms with Crippen molar-refractivity contribution in [2.45, 2.75) is 37.8 Å². The lowest BCUT2D eigenvalue weighted by Gasteiger charge is -2.17. The molecule has 0 aromatic carbocycles. The second-order valence-corrected chi connectivity index (χ2v) is 5.25. The van der Waals surface area contributed by atoms with E-state index in [0.29, 0.717) is 6.54 Å². The summed E-state index contributed by atoms with van der Waals surface area (Å²) in [6.45, 7) is 1.65. The maximum absolute atomic E-state index is 11.9. The van der Waals surface area contributed by atoms with Gasteiger partial charge in [0.2, 0.25) is 5.91 Å². The molecule has 1 aliphatic heterocycles. The highest BCUT2D eigenvalue weighted by Gasteiger charge is 2.42. The van der Waals surface area contributed by atoms with E-state index >= 15 is 0 Å². The zero-order valence-corrected chi connectivity index (χ0v) is 10.4. The molecule has 1 aliphatic carbocycles. The highest BCUT2D eigenvalue weighted by molar-refractivity contribution is 5.82. The molecule has 2 unspecified atom stereocenters. The van der Waals surface area contributed by atoms with Gasteiger partial charge in [-0.05, 0) is 31.1 Å². The predicted octanol–water partition coefficient (Wildman–Crippen LogP) is -0.358. The Hall–Kier alpha value is -0.650. The summed E-state index contributed by atoms with van der Waals surface area (Å²) in [5.74, 6) is 0.0637. The minimum atomic E-state index is -0.120. The zero-order chi connectivity index (χ0) is 12.3. The Morgan fingerprint density at radius 2 is 2.35 bits per heavy atom. The van der Waals surface area contributed by atoms with E-state index in [1.165, 1.54) is 0 Å². The molecule has 98 valence electrons. The standard InChI is InChI=1S/C12H22N2O3/c1-17-9-6-10(13-7-9)11(16)14-8-12(2-3-12)4-5-15/h9-10,13,15H,2-8H2,1H3,(H,14,16). The molecule has 5 heteroatoms. The number of methoxy groups -OCH3 is 1. The van der Waals surface area contributed by atoms with Gasteiger partial charge >= 0.3 is 0 Å². The van der Waals surface area contributed by atoms with Gasteiger partial charge in [0.15, 0.2) is 0 Å². The van der Waals surface area contributed by atoms with Crippen molar-refractivity contribution in [1.82, 2.24) is 10.6 Å². The summed E-state index contributed by atoms with van der Waals surface area (Å²) in [5.41, 5.74) is 0.184. The molecular formula is C12H22N2O3. The van der Waals surface area contributed by atoms with E-state index in [4.69, 9.17) is 9.84 Å². The van der Waals surface area contributed by atoms with E-state index < -0.39 is 0 Å². The number of ether oxygens (including phenoxy) is 1. The maximum Gasteiger partial charge on any atom is 0.237 e. The normalized spacial score (nSPS) is 30.2. The fourth-order valence-corrected chi connectivity index (χ4v) is 2.41. The number of carbonyl (C=O) groups is 1. The molecule has 0 radical (unpaired) electrons. The van der Waals surface area contributed by atoms with E-state index in [1.807, 2.05) is 0 Å². The SMILES string of the molecule is COC1CNC(C(=O)NCC2(CCO)CC2)C1. The fourth-order valence-electron chi connectivity index (χ4n) is 2.41. The molecule has 5 nitrogen and oxygen atoms in total. The Bertz CT molecular complexity index is 279. The van der Waals surface area contributed by atoms with Crippen LogP contribution in [0.4, 0.5) is 0 Å². The molecule has 0 spiro atoms. The largest absolute Gasteiger partial charge is 0.396 e. The molecule has 2 aliphatic rings. The summed E-state index contributed by atoms with van der Waals surface area (Å²) in [5, 5.41) is 15.1. The van der Waals surface area contributed by atoms with Crippen LogP contribution in [0.3, 0.4) is 0 Å². The monoisotopic (exact) mass is 242 g/mol. The minimum absolute atomic E-state index is 0.0637. The highest BCUT2D eigenvalue weighted by atomic mass is 16.5. The van der Waals surface area contributed by atoms with Crippen molar-refractivity contribution in [2.24, 2.45) is 5.41 Å². The van der Waals surface area contributed by atoms with Crippen LogP contribution in [0.5, 0.6) is 0 Å². The second kappa shape index (κ2) is 5.33. The highest BCUT2D eigenvalue weighted by Crippen LogP contribution is 2.47. The number of amides is 1. The van der Waals surface area contributed by atoms with Gasteiger partial charge in [0.1, 0.15) is 0 Å². The van der Waals surface area contributed by atoms with Gasteiger partial charge in [-0.2, -0.15) is 0 Å². The number of aliphatic hydroxyl groups excluding tert-OH is 1. The van der Waals surface area contributed by atoms with Crippen LogP contribution in [-0.4, -0.2) is 50.0 Å². The van der Waals surface area contributed by atoms with Crippen LogP contribution in [-0.2, 0) is 9.53 Å². The van der Waals surface area contributed by atoms with E-state index in [9.17, 15) is 4.79 Å². The Labute approximate surface area is 102 Å². The molecule has 1 saturated carbocycles. The van der Waals surface area contributed by atoms with Crippen molar-refractivity contribution in [3.05, 3.63) is 0 Å². The molecule has 1 amide bonds. The van der Waals surface area contributed by atoms with Gasteiger partial charge in [0.25, 0.3) is 0 Å². The van der Waals surface area contributed by atoms with Crippen molar-refractivity contribution < 1.29 is 14.6 Å². The average Bonchev–Trinajstić information content (AvgIpc) is 2.93. The number of nitrogens with one attached hydrogen (secondary N) is 2. The van der Waals surface area contributed by atoms with Gasteiger partial charge in [-0.25, -0.2) is 0 Å². The summed E-state index contributed by atoms with van der Waals surface area (Å²) in [7, 11) is 1.67. The van der Waals surface area contributed by atoms with Crippen LogP contribution in [0.25, 0.3) is 0 Å². The quantitative estimate of drug-likeness (QED) is 0.595. The molecule has 2 fully saturated rings. The maximum atomic E-state index is 11.9. The van der Waals surface area contributed by atoms with Crippen LogP contribution in [0.2, 0.25) is 0 Å². The number of aliphatic hydroxyl groups is 1. The molecular weight excluding hydrogens is 220 g/mol. The van der Waals surface area contributed by atoms with Crippen LogP contribution >= 0.6 is 0 Å². The number of hydrogen-bond donors (Lipinski definition) is 3. The Morgan fingerprint density at radius 3 is 2.88 bits per heavy atom. The molecule has 0 aromatic rings. The zero-order valence-electron chi connectivity index (χ0n) is 10.4. The molecule has 2 atom stereocenters. The Morgan fingerprint density at radius 1 is 1.59 bits per heavy atom. The van der Waals surface area contributed by atoms with Gasteiger partial charge in [0, 0.05) is 26.8 Å². The fraction of sp³-hybridized carbons (Fsp3) is 0.917. The second-order valence-electron chi connectivity index (χ2n) is 5.25. The molecule has 0 aromatic heterocycles. The molecule has 0 bridgehead atoms. The lowest BCUT2D eigenvalue weighted by molar-refractivity contribution is -0.123. The van der Waals surface area contributed by atoms with Crippen LogP contribution < -0.4 is 10.6 Å². The Kier molecular flexibility index (Phi) is 4.01. The van der Waals surface area contributed by atoms with Gasteiger partial charge in [0.05, 0.1) is 12.1 Å². The van der Waals surface area contributed by atoms with Crippen LogP contribution in [0.1, 0.15) is 25.7 Å². The summed E-state index contributed by atoms with van der Waals surface area (Å²) < 4.78 is 5.21. The van der Waals surface area contributed by atoms with Crippen molar-refractivity contribution in [3.63, 3.8) is 0 Å². The first-order valence-electron chi connectivity index (χ1n) is 6.34. The summed E-state index contributed by atoms with van der Waals surface area (Å²) in [6.07, 6.45) is 3.93. The smallest absolute Gasteiger partial charge is 0.237 e.